The van der Waals surface area contributed by atoms with Crippen LogP contribution in [0.1, 0.15) is 30.9 Å². The average molecular weight is 312 g/mol. The molecule has 1 aromatic carbocycles. The Balaban J connectivity index is 2.08. The van der Waals surface area contributed by atoms with Gasteiger partial charge in [-0.05, 0) is 50.9 Å². The number of rotatable bonds is 7. The highest BCUT2D eigenvalue weighted by atomic mass is 32.2. The summed E-state index contributed by atoms with van der Waals surface area (Å²) in [6.45, 7) is 5.14. The molecule has 6 heteroatoms. The Kier molecular flexibility index (Phi) is 5.37. The minimum Gasteiger partial charge on any atom is -0.378 e. The fourth-order valence-corrected chi connectivity index (χ4v) is 4.20. The molecule has 2 N–H and O–H groups in total. The van der Waals surface area contributed by atoms with E-state index in [0.29, 0.717) is 18.0 Å². The highest BCUT2D eigenvalue weighted by Crippen LogP contribution is 2.26. The molecular weight excluding hydrogens is 288 g/mol. The van der Waals surface area contributed by atoms with Gasteiger partial charge in [-0.1, -0.05) is 12.1 Å². The normalized spacial score (nSPS) is 22.0. The molecule has 1 aliphatic rings. The van der Waals surface area contributed by atoms with Gasteiger partial charge in [-0.2, -0.15) is 0 Å². The maximum absolute atomic E-state index is 12.5. The highest BCUT2D eigenvalue weighted by molar-refractivity contribution is 7.89. The number of ether oxygens (including phenoxy) is 1. The Morgan fingerprint density at radius 1 is 1.33 bits per heavy atom. The van der Waals surface area contributed by atoms with E-state index in [2.05, 4.69) is 10.0 Å². The van der Waals surface area contributed by atoms with E-state index >= 15 is 0 Å². The fourth-order valence-electron chi connectivity index (χ4n) is 2.65. The summed E-state index contributed by atoms with van der Waals surface area (Å²) in [7, 11) is -1.62. The zero-order valence-electron chi connectivity index (χ0n) is 12.8. The van der Waals surface area contributed by atoms with Gasteiger partial charge in [0.05, 0.1) is 11.0 Å². The first-order chi connectivity index (χ1) is 9.97. The molecule has 0 amide bonds. The SMILES string of the molecule is CCOC1CC(NS(=O)(=O)c2cccc(CNC)c2C)C1. The van der Waals surface area contributed by atoms with E-state index in [4.69, 9.17) is 4.74 Å². The third-order valence-corrected chi connectivity index (χ3v) is 5.54. The van der Waals surface area contributed by atoms with Gasteiger partial charge in [-0.15, -0.1) is 0 Å². The number of benzene rings is 1. The quantitative estimate of drug-likeness (QED) is 0.802. The topological polar surface area (TPSA) is 67.4 Å². The predicted molar refractivity (Wildman–Crippen MR) is 82.7 cm³/mol. The lowest BCUT2D eigenvalue weighted by atomic mass is 9.90. The lowest BCUT2D eigenvalue weighted by molar-refractivity contribution is -0.00475. The van der Waals surface area contributed by atoms with Crippen molar-refractivity contribution < 1.29 is 13.2 Å². The van der Waals surface area contributed by atoms with Crippen LogP contribution >= 0.6 is 0 Å². The lowest BCUT2D eigenvalue weighted by Crippen LogP contribution is -2.47. The highest BCUT2D eigenvalue weighted by Gasteiger charge is 2.33. The first-order valence-corrected chi connectivity index (χ1v) is 8.83. The van der Waals surface area contributed by atoms with Crippen molar-refractivity contribution in [2.45, 2.75) is 50.3 Å². The van der Waals surface area contributed by atoms with Gasteiger partial charge in [0.15, 0.2) is 0 Å². The Morgan fingerprint density at radius 3 is 2.67 bits per heavy atom. The van der Waals surface area contributed by atoms with Crippen molar-refractivity contribution in [3.05, 3.63) is 29.3 Å². The van der Waals surface area contributed by atoms with Crippen molar-refractivity contribution in [2.75, 3.05) is 13.7 Å². The number of hydrogen-bond acceptors (Lipinski definition) is 4. The van der Waals surface area contributed by atoms with Crippen LogP contribution in [0, 0.1) is 6.92 Å². The molecule has 0 heterocycles. The van der Waals surface area contributed by atoms with E-state index in [1.165, 1.54) is 0 Å². The molecule has 0 spiro atoms. The van der Waals surface area contributed by atoms with Gasteiger partial charge in [0, 0.05) is 19.2 Å². The number of sulfonamides is 1. The van der Waals surface area contributed by atoms with Crippen molar-refractivity contribution in [3.8, 4) is 0 Å². The van der Waals surface area contributed by atoms with E-state index < -0.39 is 10.0 Å². The van der Waals surface area contributed by atoms with E-state index in [-0.39, 0.29) is 12.1 Å². The summed E-state index contributed by atoms with van der Waals surface area (Å²) in [5, 5.41) is 3.05. The molecule has 1 fully saturated rings. The minimum absolute atomic E-state index is 0.0149. The molecule has 1 aliphatic carbocycles. The maximum atomic E-state index is 12.5. The van der Waals surface area contributed by atoms with Crippen LogP contribution in [-0.2, 0) is 21.3 Å². The molecular formula is C15H24N2O3S. The lowest BCUT2D eigenvalue weighted by Gasteiger charge is -2.35. The first kappa shape index (κ1) is 16.4. The molecule has 0 radical (unpaired) electrons. The van der Waals surface area contributed by atoms with E-state index in [0.717, 1.165) is 24.0 Å². The summed E-state index contributed by atoms with van der Waals surface area (Å²) in [4.78, 5) is 0.370. The van der Waals surface area contributed by atoms with Crippen molar-refractivity contribution >= 4 is 10.0 Å². The maximum Gasteiger partial charge on any atom is 0.241 e. The monoisotopic (exact) mass is 312 g/mol. The van der Waals surface area contributed by atoms with Crippen molar-refractivity contribution in [2.24, 2.45) is 0 Å². The molecule has 1 saturated carbocycles. The molecule has 1 aromatic rings. The summed E-state index contributed by atoms with van der Waals surface area (Å²) in [6, 6.07) is 5.38. The molecule has 5 nitrogen and oxygen atoms in total. The van der Waals surface area contributed by atoms with Crippen LogP contribution in [0.4, 0.5) is 0 Å². The molecule has 2 rings (SSSR count). The van der Waals surface area contributed by atoms with Crippen LogP contribution in [0.3, 0.4) is 0 Å². The summed E-state index contributed by atoms with van der Waals surface area (Å²) < 4.78 is 33.2. The second-order valence-corrected chi connectivity index (χ2v) is 7.12. The standard InChI is InChI=1S/C15H24N2O3S/c1-4-20-14-8-13(9-14)17-21(18,19)15-7-5-6-12(10-16-3)11(15)2/h5-7,13-14,16-17H,4,8-10H2,1-3H3. The van der Waals surface area contributed by atoms with Crippen molar-refractivity contribution in [1.29, 1.82) is 0 Å². The third kappa shape index (κ3) is 3.83. The van der Waals surface area contributed by atoms with Crippen LogP contribution in [-0.4, -0.2) is 34.2 Å². The van der Waals surface area contributed by atoms with Gasteiger partial charge < -0.3 is 10.1 Å². The Bertz CT molecular complexity index is 581. The molecule has 21 heavy (non-hydrogen) atoms. The fraction of sp³-hybridized carbons (Fsp3) is 0.600. The predicted octanol–water partition coefficient (Wildman–Crippen LogP) is 1.56. The summed E-state index contributed by atoms with van der Waals surface area (Å²) >= 11 is 0. The molecule has 0 bridgehead atoms. The Labute approximate surface area is 127 Å². The molecule has 118 valence electrons. The Hall–Kier alpha value is -0.950. The largest absolute Gasteiger partial charge is 0.378 e. The molecule has 0 unspecified atom stereocenters. The van der Waals surface area contributed by atoms with E-state index in [1.807, 2.05) is 27.0 Å². The van der Waals surface area contributed by atoms with E-state index in [1.54, 1.807) is 12.1 Å². The van der Waals surface area contributed by atoms with Crippen molar-refractivity contribution in [3.63, 3.8) is 0 Å². The summed E-state index contributed by atoms with van der Waals surface area (Å²) in [5.41, 5.74) is 1.81. The van der Waals surface area contributed by atoms with E-state index in [9.17, 15) is 8.42 Å². The van der Waals surface area contributed by atoms with Crippen molar-refractivity contribution in [1.82, 2.24) is 10.0 Å². The van der Waals surface area contributed by atoms with Crippen LogP contribution in [0.15, 0.2) is 23.1 Å². The van der Waals surface area contributed by atoms with Gasteiger partial charge in [0.1, 0.15) is 0 Å². The van der Waals surface area contributed by atoms with Crippen LogP contribution in [0.2, 0.25) is 0 Å². The minimum atomic E-state index is -3.46. The molecule has 0 aromatic heterocycles. The first-order valence-electron chi connectivity index (χ1n) is 7.35. The molecule has 0 atom stereocenters. The van der Waals surface area contributed by atoms with Crippen LogP contribution < -0.4 is 10.0 Å². The Morgan fingerprint density at radius 2 is 2.05 bits per heavy atom. The zero-order chi connectivity index (χ0) is 15.5. The smallest absolute Gasteiger partial charge is 0.241 e. The van der Waals surface area contributed by atoms with Gasteiger partial charge in [-0.3, -0.25) is 0 Å². The van der Waals surface area contributed by atoms with Gasteiger partial charge in [0.25, 0.3) is 0 Å². The second kappa shape index (κ2) is 6.87. The van der Waals surface area contributed by atoms with Gasteiger partial charge in [-0.25, -0.2) is 13.1 Å². The third-order valence-electron chi connectivity index (χ3n) is 3.87. The molecule has 0 aliphatic heterocycles. The second-order valence-electron chi connectivity index (χ2n) is 5.44. The number of hydrogen-bond donors (Lipinski definition) is 2. The number of nitrogens with one attached hydrogen (secondary N) is 2. The van der Waals surface area contributed by atoms with Crippen LogP contribution in [0.25, 0.3) is 0 Å². The van der Waals surface area contributed by atoms with Gasteiger partial charge >= 0.3 is 0 Å². The average Bonchev–Trinajstić information content (AvgIpc) is 2.39. The van der Waals surface area contributed by atoms with Crippen LogP contribution in [0.5, 0.6) is 0 Å². The zero-order valence-corrected chi connectivity index (χ0v) is 13.7. The molecule has 0 saturated heterocycles. The van der Waals surface area contributed by atoms with Gasteiger partial charge in [0.2, 0.25) is 10.0 Å². The summed E-state index contributed by atoms with van der Waals surface area (Å²) in [6.07, 6.45) is 1.70. The summed E-state index contributed by atoms with van der Waals surface area (Å²) in [5.74, 6) is 0.